The molecule has 0 aliphatic heterocycles. The lowest BCUT2D eigenvalue weighted by atomic mass is 10.0. The Balaban J connectivity index is 1.88. The fraction of sp³-hybridized carbons (Fsp3) is 0.130. The molecule has 0 spiro atoms. The van der Waals surface area contributed by atoms with Crippen LogP contribution in [0.3, 0.4) is 0 Å². The predicted molar refractivity (Wildman–Crippen MR) is 114 cm³/mol. The number of benzene rings is 2. The van der Waals surface area contributed by atoms with Crippen molar-refractivity contribution in [3.05, 3.63) is 82.2 Å². The second kappa shape index (κ2) is 6.97. The number of rotatable bonds is 3. The number of hydrogen-bond acceptors (Lipinski definition) is 3. The van der Waals surface area contributed by atoms with Gasteiger partial charge in [0.2, 0.25) is 0 Å². The highest BCUT2D eigenvalue weighted by Gasteiger charge is 2.16. The van der Waals surface area contributed by atoms with E-state index in [4.69, 9.17) is 4.98 Å². The first-order valence-corrected chi connectivity index (χ1v) is 9.73. The normalized spacial score (nSPS) is 10.9. The van der Waals surface area contributed by atoms with Gasteiger partial charge in [-0.15, -0.1) is 11.3 Å². The molecule has 0 saturated carbocycles. The van der Waals surface area contributed by atoms with Crippen molar-refractivity contribution in [2.75, 3.05) is 5.32 Å². The number of aryl methyl sites for hydroxylation is 3. The SMILES string of the molecule is Cc1cccc(NC(=O)c2cc(-c3cccs3)nc3c(C)cc(C)cc23)c1. The van der Waals surface area contributed by atoms with E-state index in [9.17, 15) is 4.79 Å². The number of anilines is 1. The first-order chi connectivity index (χ1) is 13.0. The molecular weight excluding hydrogens is 352 g/mol. The van der Waals surface area contributed by atoms with E-state index >= 15 is 0 Å². The lowest BCUT2D eigenvalue weighted by Gasteiger charge is -2.12. The van der Waals surface area contributed by atoms with Crippen LogP contribution >= 0.6 is 11.3 Å². The van der Waals surface area contributed by atoms with Crippen LogP contribution in [0.2, 0.25) is 0 Å². The van der Waals surface area contributed by atoms with Gasteiger partial charge in [-0.05, 0) is 67.6 Å². The lowest BCUT2D eigenvalue weighted by molar-refractivity contribution is 0.102. The van der Waals surface area contributed by atoms with Crippen molar-refractivity contribution < 1.29 is 4.79 Å². The summed E-state index contributed by atoms with van der Waals surface area (Å²) >= 11 is 1.63. The van der Waals surface area contributed by atoms with Crippen molar-refractivity contribution in [1.29, 1.82) is 0 Å². The maximum absolute atomic E-state index is 13.1. The number of nitrogens with zero attached hydrogens (tertiary/aromatic N) is 1. The molecule has 0 fully saturated rings. The van der Waals surface area contributed by atoms with Gasteiger partial charge in [0.05, 0.1) is 21.7 Å². The van der Waals surface area contributed by atoms with E-state index in [-0.39, 0.29) is 5.91 Å². The van der Waals surface area contributed by atoms with Gasteiger partial charge in [0, 0.05) is 11.1 Å². The molecule has 2 heterocycles. The van der Waals surface area contributed by atoms with Gasteiger partial charge in [-0.25, -0.2) is 4.98 Å². The van der Waals surface area contributed by atoms with Gasteiger partial charge >= 0.3 is 0 Å². The van der Waals surface area contributed by atoms with E-state index in [2.05, 4.69) is 11.4 Å². The molecule has 3 nitrogen and oxygen atoms in total. The highest BCUT2D eigenvalue weighted by atomic mass is 32.1. The minimum atomic E-state index is -0.115. The Hall–Kier alpha value is -2.98. The van der Waals surface area contributed by atoms with Gasteiger partial charge in [0.1, 0.15) is 0 Å². The summed E-state index contributed by atoms with van der Waals surface area (Å²) in [5.74, 6) is -0.115. The zero-order valence-electron chi connectivity index (χ0n) is 15.5. The van der Waals surface area contributed by atoms with Crippen LogP contribution in [0.1, 0.15) is 27.0 Å². The number of carbonyl (C=O) groups excluding carboxylic acids is 1. The third-order valence-electron chi connectivity index (χ3n) is 4.54. The summed E-state index contributed by atoms with van der Waals surface area (Å²) in [6.45, 7) is 6.10. The Morgan fingerprint density at radius 2 is 1.81 bits per heavy atom. The number of carbonyl (C=O) groups is 1. The molecule has 4 rings (SSSR count). The third kappa shape index (κ3) is 3.49. The van der Waals surface area contributed by atoms with Crippen molar-refractivity contribution >= 4 is 33.8 Å². The van der Waals surface area contributed by atoms with Crippen LogP contribution in [0.25, 0.3) is 21.5 Å². The van der Waals surface area contributed by atoms with Crippen molar-refractivity contribution in [2.45, 2.75) is 20.8 Å². The van der Waals surface area contributed by atoms with E-state index in [0.29, 0.717) is 5.56 Å². The summed E-state index contributed by atoms with van der Waals surface area (Å²) < 4.78 is 0. The molecular formula is C23H20N2OS. The molecule has 0 unspecified atom stereocenters. The van der Waals surface area contributed by atoms with E-state index in [0.717, 1.165) is 43.9 Å². The van der Waals surface area contributed by atoms with Gasteiger partial charge < -0.3 is 5.32 Å². The molecule has 2 aromatic heterocycles. The molecule has 0 aliphatic rings. The Morgan fingerprint density at radius 3 is 2.56 bits per heavy atom. The van der Waals surface area contributed by atoms with Crippen LogP contribution in [0.15, 0.2) is 60.0 Å². The van der Waals surface area contributed by atoms with Gasteiger partial charge in [0.15, 0.2) is 0 Å². The van der Waals surface area contributed by atoms with E-state index < -0.39 is 0 Å². The monoisotopic (exact) mass is 372 g/mol. The second-order valence-corrected chi connectivity index (χ2v) is 7.78. The summed E-state index contributed by atoms with van der Waals surface area (Å²) in [6, 6.07) is 17.9. The topological polar surface area (TPSA) is 42.0 Å². The number of nitrogens with one attached hydrogen (secondary N) is 1. The number of aromatic nitrogens is 1. The smallest absolute Gasteiger partial charge is 0.256 e. The lowest BCUT2D eigenvalue weighted by Crippen LogP contribution is -2.13. The number of thiophene rings is 1. The van der Waals surface area contributed by atoms with Crippen LogP contribution in [-0.4, -0.2) is 10.9 Å². The fourth-order valence-electron chi connectivity index (χ4n) is 3.34. The first-order valence-electron chi connectivity index (χ1n) is 8.85. The number of hydrogen-bond donors (Lipinski definition) is 1. The van der Waals surface area contributed by atoms with Gasteiger partial charge in [0.25, 0.3) is 5.91 Å². The zero-order chi connectivity index (χ0) is 19.0. The molecule has 27 heavy (non-hydrogen) atoms. The molecule has 1 N–H and O–H groups in total. The molecule has 4 heteroatoms. The van der Waals surface area contributed by atoms with Crippen LogP contribution in [0.4, 0.5) is 5.69 Å². The average molecular weight is 372 g/mol. The Kier molecular flexibility index (Phi) is 4.50. The molecule has 0 radical (unpaired) electrons. The van der Waals surface area contributed by atoms with Crippen molar-refractivity contribution in [2.24, 2.45) is 0 Å². The first kappa shape index (κ1) is 17.4. The molecule has 4 aromatic rings. The molecule has 1 amide bonds. The quantitative estimate of drug-likeness (QED) is 0.469. The second-order valence-electron chi connectivity index (χ2n) is 6.83. The minimum Gasteiger partial charge on any atom is -0.322 e. The highest BCUT2D eigenvalue weighted by molar-refractivity contribution is 7.13. The van der Waals surface area contributed by atoms with Crippen molar-refractivity contribution in [3.8, 4) is 10.6 Å². The average Bonchev–Trinajstić information content (AvgIpc) is 3.15. The largest absolute Gasteiger partial charge is 0.322 e. The maximum atomic E-state index is 13.1. The minimum absolute atomic E-state index is 0.115. The zero-order valence-corrected chi connectivity index (χ0v) is 16.4. The summed E-state index contributed by atoms with van der Waals surface area (Å²) in [4.78, 5) is 19.1. The van der Waals surface area contributed by atoms with E-state index in [1.54, 1.807) is 11.3 Å². The summed E-state index contributed by atoms with van der Waals surface area (Å²) in [5.41, 5.74) is 6.46. The van der Waals surface area contributed by atoms with E-state index in [1.165, 1.54) is 0 Å². The maximum Gasteiger partial charge on any atom is 0.256 e. The highest BCUT2D eigenvalue weighted by Crippen LogP contribution is 2.30. The molecule has 2 aromatic carbocycles. The van der Waals surface area contributed by atoms with Gasteiger partial charge in [-0.1, -0.05) is 29.8 Å². The van der Waals surface area contributed by atoms with Gasteiger partial charge in [-0.3, -0.25) is 4.79 Å². The Morgan fingerprint density at radius 1 is 0.963 bits per heavy atom. The third-order valence-corrected chi connectivity index (χ3v) is 5.43. The summed E-state index contributed by atoms with van der Waals surface area (Å²) in [6.07, 6.45) is 0. The number of fused-ring (bicyclic) bond motifs is 1. The molecule has 0 aliphatic carbocycles. The molecule has 0 bridgehead atoms. The molecule has 0 atom stereocenters. The fourth-order valence-corrected chi connectivity index (χ4v) is 4.03. The standard InChI is InChI=1S/C23H20N2OS/c1-14-6-4-7-17(11-14)24-23(26)19-13-20(21-8-5-9-27-21)25-22-16(3)10-15(2)12-18(19)22/h4-13H,1-3H3,(H,24,26). The summed E-state index contributed by atoms with van der Waals surface area (Å²) in [7, 11) is 0. The van der Waals surface area contributed by atoms with Crippen molar-refractivity contribution in [1.82, 2.24) is 4.98 Å². The van der Waals surface area contributed by atoms with Gasteiger partial charge in [-0.2, -0.15) is 0 Å². The summed E-state index contributed by atoms with van der Waals surface area (Å²) in [5, 5.41) is 5.95. The Bertz CT molecular complexity index is 1150. The van der Waals surface area contributed by atoms with Crippen LogP contribution in [0.5, 0.6) is 0 Å². The predicted octanol–water partition coefficient (Wildman–Crippen LogP) is 6.14. The van der Waals surface area contributed by atoms with Crippen molar-refractivity contribution in [3.63, 3.8) is 0 Å². The van der Waals surface area contributed by atoms with Crippen LogP contribution < -0.4 is 5.32 Å². The van der Waals surface area contributed by atoms with Crippen LogP contribution in [0, 0.1) is 20.8 Å². The molecule has 134 valence electrons. The molecule has 0 saturated heterocycles. The van der Waals surface area contributed by atoms with Crippen LogP contribution in [-0.2, 0) is 0 Å². The number of pyridine rings is 1. The van der Waals surface area contributed by atoms with E-state index in [1.807, 2.05) is 74.7 Å². The number of amides is 1. The Labute approximate surface area is 162 Å².